The average molecular weight is 343 g/mol. The van der Waals surface area contributed by atoms with Crippen LogP contribution in [0.3, 0.4) is 0 Å². The van der Waals surface area contributed by atoms with Gasteiger partial charge in [-0.25, -0.2) is 0 Å². The van der Waals surface area contributed by atoms with E-state index in [-0.39, 0.29) is 11.6 Å². The molecule has 0 bridgehead atoms. The molecule has 0 saturated carbocycles. The number of carbonyl (C=O) groups excluding carboxylic acids is 1. The number of amides is 1. The number of hydrogen-bond acceptors (Lipinski definition) is 5. The highest BCUT2D eigenvalue weighted by Crippen LogP contribution is 2.22. The maximum Gasteiger partial charge on any atom is 0.285 e. The summed E-state index contributed by atoms with van der Waals surface area (Å²) in [5.41, 5.74) is -0.113. The molecule has 1 aromatic heterocycles. The van der Waals surface area contributed by atoms with Crippen molar-refractivity contribution in [1.29, 1.82) is 0 Å². The fourth-order valence-electron chi connectivity index (χ4n) is 2.82. The van der Waals surface area contributed by atoms with Crippen LogP contribution in [0.15, 0.2) is 53.5 Å². The molecule has 0 unspecified atom stereocenters. The molecule has 1 aliphatic heterocycles. The number of benzene rings is 1. The van der Waals surface area contributed by atoms with Crippen molar-refractivity contribution in [2.75, 3.05) is 26.3 Å². The number of rotatable bonds is 4. The number of nitro groups is 1. The smallest absolute Gasteiger partial charge is 0.285 e. The first-order valence-electron chi connectivity index (χ1n) is 7.86. The van der Waals surface area contributed by atoms with Crippen molar-refractivity contribution < 1.29 is 14.5 Å². The Morgan fingerprint density at radius 1 is 1.12 bits per heavy atom. The standard InChI is InChI=1S/C17H17N3O5/c21-15-7-6-14(20(23)24)12-19(15)16(13-4-2-1-3-5-13)17(22)18-8-10-25-11-9-18/h1-7,12,16H,8-11H2/t16-/m0/s1. The van der Waals surface area contributed by atoms with Gasteiger partial charge in [0.05, 0.1) is 24.3 Å². The molecule has 1 saturated heterocycles. The van der Waals surface area contributed by atoms with Crippen molar-refractivity contribution in [3.05, 3.63) is 74.7 Å². The van der Waals surface area contributed by atoms with E-state index in [9.17, 15) is 19.7 Å². The van der Waals surface area contributed by atoms with Crippen LogP contribution in [0.25, 0.3) is 0 Å². The van der Waals surface area contributed by atoms with E-state index in [1.807, 2.05) is 0 Å². The van der Waals surface area contributed by atoms with Crippen LogP contribution in [-0.4, -0.2) is 46.6 Å². The molecule has 1 aliphatic rings. The summed E-state index contributed by atoms with van der Waals surface area (Å²) in [6, 6.07) is 10.1. The Bertz CT molecular complexity index is 828. The molecule has 0 aliphatic carbocycles. The minimum atomic E-state index is -0.952. The largest absolute Gasteiger partial charge is 0.378 e. The van der Waals surface area contributed by atoms with Crippen molar-refractivity contribution >= 4 is 11.6 Å². The van der Waals surface area contributed by atoms with Crippen LogP contribution >= 0.6 is 0 Å². The third-order valence-electron chi connectivity index (χ3n) is 4.08. The molecule has 0 spiro atoms. The van der Waals surface area contributed by atoms with Crippen molar-refractivity contribution in [1.82, 2.24) is 9.47 Å². The number of ether oxygens (including phenoxy) is 1. The number of morpholine rings is 1. The summed E-state index contributed by atoms with van der Waals surface area (Å²) in [7, 11) is 0. The van der Waals surface area contributed by atoms with Gasteiger partial charge in [-0.2, -0.15) is 0 Å². The minimum absolute atomic E-state index is 0.240. The predicted molar refractivity (Wildman–Crippen MR) is 89.3 cm³/mol. The number of carbonyl (C=O) groups is 1. The van der Waals surface area contributed by atoms with Crippen LogP contribution in [-0.2, 0) is 9.53 Å². The number of hydrogen-bond donors (Lipinski definition) is 0. The lowest BCUT2D eigenvalue weighted by molar-refractivity contribution is -0.385. The number of aromatic nitrogens is 1. The van der Waals surface area contributed by atoms with Crippen molar-refractivity contribution in [3.8, 4) is 0 Å². The summed E-state index contributed by atoms with van der Waals surface area (Å²) >= 11 is 0. The molecule has 130 valence electrons. The Balaban J connectivity index is 2.08. The Morgan fingerprint density at radius 3 is 2.44 bits per heavy atom. The van der Waals surface area contributed by atoms with E-state index in [1.54, 1.807) is 35.2 Å². The lowest BCUT2D eigenvalue weighted by atomic mass is 10.0. The molecule has 8 heteroatoms. The van der Waals surface area contributed by atoms with Gasteiger partial charge in [-0.05, 0) is 5.56 Å². The third-order valence-corrected chi connectivity index (χ3v) is 4.08. The molecular weight excluding hydrogens is 326 g/mol. The minimum Gasteiger partial charge on any atom is -0.378 e. The summed E-state index contributed by atoms with van der Waals surface area (Å²) in [6.07, 6.45) is 1.12. The van der Waals surface area contributed by atoms with Gasteiger partial charge in [-0.1, -0.05) is 30.3 Å². The van der Waals surface area contributed by atoms with E-state index < -0.39 is 16.5 Å². The first kappa shape index (κ1) is 16.8. The van der Waals surface area contributed by atoms with Gasteiger partial charge >= 0.3 is 0 Å². The molecule has 25 heavy (non-hydrogen) atoms. The highest BCUT2D eigenvalue weighted by Gasteiger charge is 2.30. The van der Waals surface area contributed by atoms with Gasteiger partial charge in [0.1, 0.15) is 6.04 Å². The molecular formula is C17H17N3O5. The summed E-state index contributed by atoms with van der Waals surface area (Å²) < 4.78 is 6.39. The van der Waals surface area contributed by atoms with E-state index in [4.69, 9.17) is 4.74 Å². The summed E-state index contributed by atoms with van der Waals surface area (Å²) in [4.78, 5) is 37.5. The Morgan fingerprint density at radius 2 is 1.80 bits per heavy atom. The summed E-state index contributed by atoms with van der Waals surface area (Å²) in [6.45, 7) is 1.70. The molecule has 8 nitrogen and oxygen atoms in total. The fraction of sp³-hybridized carbons (Fsp3) is 0.294. The van der Waals surface area contributed by atoms with E-state index in [2.05, 4.69) is 0 Å². The lowest BCUT2D eigenvalue weighted by Gasteiger charge is -2.31. The molecule has 0 radical (unpaired) electrons. The molecule has 1 fully saturated rings. The monoisotopic (exact) mass is 343 g/mol. The summed E-state index contributed by atoms with van der Waals surface area (Å²) in [5, 5.41) is 11.1. The predicted octanol–water partition coefficient (Wildman–Crippen LogP) is 1.20. The van der Waals surface area contributed by atoms with Gasteiger partial charge in [-0.15, -0.1) is 0 Å². The zero-order valence-corrected chi connectivity index (χ0v) is 13.4. The first-order chi connectivity index (χ1) is 12.1. The SMILES string of the molecule is O=C([C@H](c1ccccc1)n1cc([N+](=O)[O-])ccc1=O)N1CCOCC1. The van der Waals surface area contributed by atoms with Gasteiger partial charge in [0.25, 0.3) is 17.2 Å². The zero-order valence-electron chi connectivity index (χ0n) is 13.4. The Labute approximate surface area is 143 Å². The topological polar surface area (TPSA) is 94.7 Å². The zero-order chi connectivity index (χ0) is 17.8. The second-order valence-electron chi connectivity index (χ2n) is 5.64. The highest BCUT2D eigenvalue weighted by atomic mass is 16.6. The second-order valence-corrected chi connectivity index (χ2v) is 5.64. The van der Waals surface area contributed by atoms with Crippen molar-refractivity contribution in [2.24, 2.45) is 0 Å². The quantitative estimate of drug-likeness (QED) is 0.614. The molecule has 1 atom stereocenters. The van der Waals surface area contributed by atoms with Crippen LogP contribution in [0.4, 0.5) is 5.69 Å². The van der Waals surface area contributed by atoms with Gasteiger partial charge in [0, 0.05) is 25.2 Å². The van der Waals surface area contributed by atoms with Gasteiger partial charge < -0.3 is 9.64 Å². The Kier molecular flexibility index (Phi) is 4.90. The lowest BCUT2D eigenvalue weighted by Crippen LogP contribution is -2.46. The maximum absolute atomic E-state index is 13.1. The van der Waals surface area contributed by atoms with Crippen molar-refractivity contribution in [2.45, 2.75) is 6.04 Å². The molecule has 1 amide bonds. The Hall–Kier alpha value is -3.00. The van der Waals surface area contributed by atoms with Crippen LogP contribution in [0.1, 0.15) is 11.6 Å². The van der Waals surface area contributed by atoms with Crippen LogP contribution < -0.4 is 5.56 Å². The van der Waals surface area contributed by atoms with Crippen molar-refractivity contribution in [3.63, 3.8) is 0 Å². The van der Waals surface area contributed by atoms with Crippen LogP contribution in [0.5, 0.6) is 0 Å². The van der Waals surface area contributed by atoms with E-state index in [0.29, 0.717) is 31.9 Å². The second kappa shape index (κ2) is 7.27. The van der Waals surface area contributed by atoms with Crippen LogP contribution in [0.2, 0.25) is 0 Å². The molecule has 0 N–H and O–H groups in total. The first-order valence-corrected chi connectivity index (χ1v) is 7.86. The third kappa shape index (κ3) is 3.58. The average Bonchev–Trinajstić information content (AvgIpc) is 2.65. The molecule has 2 aromatic rings. The normalized spacial score (nSPS) is 15.6. The molecule has 2 heterocycles. The van der Waals surface area contributed by atoms with E-state index in [0.717, 1.165) is 22.9 Å². The number of nitrogens with zero attached hydrogens (tertiary/aromatic N) is 3. The molecule has 1 aromatic carbocycles. The van der Waals surface area contributed by atoms with E-state index >= 15 is 0 Å². The fourth-order valence-corrected chi connectivity index (χ4v) is 2.82. The van der Waals surface area contributed by atoms with Gasteiger partial charge in [-0.3, -0.25) is 24.3 Å². The highest BCUT2D eigenvalue weighted by molar-refractivity contribution is 5.84. The van der Waals surface area contributed by atoms with E-state index in [1.165, 1.54) is 0 Å². The van der Waals surface area contributed by atoms with Crippen LogP contribution in [0, 0.1) is 10.1 Å². The molecule has 3 rings (SSSR count). The van der Waals surface area contributed by atoms with Gasteiger partial charge in [0.15, 0.2) is 0 Å². The summed E-state index contributed by atoms with van der Waals surface area (Å²) in [5.74, 6) is -0.280. The maximum atomic E-state index is 13.1. The van der Waals surface area contributed by atoms with Gasteiger partial charge in [0.2, 0.25) is 0 Å². The number of pyridine rings is 1.